The van der Waals surface area contributed by atoms with E-state index in [1.165, 1.54) is 4.90 Å². The molecule has 2 amide bonds. The molecule has 0 fully saturated rings. The Hall–Kier alpha value is -3.98. The summed E-state index contributed by atoms with van der Waals surface area (Å²) in [4.78, 5) is 37.0. The van der Waals surface area contributed by atoms with E-state index in [0.717, 1.165) is 46.3 Å². The van der Waals surface area contributed by atoms with Crippen LogP contribution in [0, 0.1) is 13.8 Å². The maximum Gasteiger partial charge on any atom is 0.575 e. The molecule has 0 spiro atoms. The topological polar surface area (TPSA) is 75.7 Å². The minimum Gasteiger partial charge on any atom is -0.375 e. The first kappa shape index (κ1) is 28.6. The Bertz CT molecular complexity index is 1210. The Kier molecular flexibility index (Phi) is 9.41. The number of alkyl halides is 3. The van der Waals surface area contributed by atoms with Crippen LogP contribution in [0.2, 0.25) is 0 Å². The molecule has 1 heterocycles. The van der Waals surface area contributed by atoms with Gasteiger partial charge in [0.2, 0.25) is 0 Å². The molecule has 0 atom stereocenters. The second kappa shape index (κ2) is 12.5. The first-order chi connectivity index (χ1) is 18.1. The van der Waals surface area contributed by atoms with Crippen LogP contribution >= 0.6 is 0 Å². The number of ether oxygens (including phenoxy) is 1. The quantitative estimate of drug-likeness (QED) is 0.224. The maximum absolute atomic E-state index is 13.4. The third kappa shape index (κ3) is 6.28. The molecular weight excluding hydrogens is 497 g/mol. The van der Waals surface area contributed by atoms with E-state index in [2.05, 4.69) is 41.2 Å². The zero-order valence-electron chi connectivity index (χ0n) is 21.4. The monoisotopic (exact) mass is 526 g/mol. The van der Waals surface area contributed by atoms with Crippen molar-refractivity contribution in [2.24, 2.45) is 0 Å². The van der Waals surface area contributed by atoms with Gasteiger partial charge in [0, 0.05) is 13.1 Å². The highest BCUT2D eigenvalue weighted by atomic mass is 19.4. The zero-order valence-corrected chi connectivity index (χ0v) is 21.4. The van der Waals surface area contributed by atoms with Gasteiger partial charge in [-0.05, 0) is 60.2 Å². The van der Waals surface area contributed by atoms with E-state index in [-0.39, 0.29) is 11.8 Å². The van der Waals surface area contributed by atoms with E-state index in [1.807, 2.05) is 50.2 Å². The summed E-state index contributed by atoms with van der Waals surface area (Å²) >= 11 is 0. The van der Waals surface area contributed by atoms with E-state index in [1.54, 1.807) is 0 Å². The Morgan fingerprint density at radius 1 is 0.789 bits per heavy atom. The lowest BCUT2D eigenvalue weighted by molar-refractivity contribution is -0.298. The molecule has 1 aliphatic rings. The fourth-order valence-corrected chi connectivity index (χ4v) is 4.58. The Morgan fingerprint density at radius 3 is 1.58 bits per heavy atom. The number of hydrogen-bond acceptors (Lipinski definition) is 5. The molecule has 6 nitrogen and oxygen atoms in total. The SMILES string of the molecule is CCCNCCN1C(=O)c2c(C)c(-c3ccccc3)c(-c3ccccc3)c(C)c2C1=O.O=COC(F)(F)F. The molecule has 3 aromatic rings. The van der Waals surface area contributed by atoms with Crippen LogP contribution in [-0.2, 0) is 9.53 Å². The van der Waals surface area contributed by atoms with Gasteiger partial charge < -0.3 is 10.1 Å². The summed E-state index contributed by atoms with van der Waals surface area (Å²) in [6.07, 6.45) is -3.80. The number of rotatable bonds is 8. The highest BCUT2D eigenvalue weighted by Gasteiger charge is 2.40. The molecule has 0 saturated carbocycles. The van der Waals surface area contributed by atoms with Gasteiger partial charge in [0.1, 0.15) is 0 Å². The van der Waals surface area contributed by atoms with Crippen molar-refractivity contribution in [3.63, 3.8) is 0 Å². The van der Waals surface area contributed by atoms with Crippen molar-refractivity contribution in [1.82, 2.24) is 10.2 Å². The van der Waals surface area contributed by atoms with Crippen LogP contribution in [0.1, 0.15) is 45.2 Å². The summed E-state index contributed by atoms with van der Waals surface area (Å²) in [5.41, 5.74) is 6.99. The van der Waals surface area contributed by atoms with Gasteiger partial charge in [-0.3, -0.25) is 19.3 Å². The fraction of sp³-hybridized carbons (Fsp3) is 0.276. The molecule has 1 aliphatic heterocycles. The predicted molar refractivity (Wildman–Crippen MR) is 139 cm³/mol. The van der Waals surface area contributed by atoms with Gasteiger partial charge in [-0.1, -0.05) is 67.6 Å². The molecular formula is C29H29F3N2O4. The predicted octanol–water partition coefficient (Wildman–Crippen LogP) is 5.91. The number of imide groups is 1. The lowest BCUT2D eigenvalue weighted by atomic mass is 9.82. The maximum atomic E-state index is 13.4. The van der Waals surface area contributed by atoms with Crippen LogP contribution in [0.4, 0.5) is 13.2 Å². The number of hydrogen-bond donors (Lipinski definition) is 1. The highest BCUT2D eigenvalue weighted by molar-refractivity contribution is 6.24. The molecule has 0 aromatic heterocycles. The van der Waals surface area contributed by atoms with Crippen molar-refractivity contribution in [2.45, 2.75) is 33.6 Å². The van der Waals surface area contributed by atoms with E-state index < -0.39 is 12.8 Å². The van der Waals surface area contributed by atoms with Gasteiger partial charge in [-0.25, -0.2) is 0 Å². The van der Waals surface area contributed by atoms with Gasteiger partial charge >= 0.3 is 6.36 Å². The Morgan fingerprint density at radius 2 is 1.24 bits per heavy atom. The van der Waals surface area contributed by atoms with Gasteiger partial charge in [0.15, 0.2) is 0 Å². The van der Waals surface area contributed by atoms with Crippen molar-refractivity contribution in [1.29, 1.82) is 0 Å². The first-order valence-electron chi connectivity index (χ1n) is 12.1. The normalized spacial score (nSPS) is 12.6. The molecule has 200 valence electrons. The van der Waals surface area contributed by atoms with Gasteiger partial charge in [-0.15, -0.1) is 13.2 Å². The molecule has 9 heteroatoms. The van der Waals surface area contributed by atoms with Gasteiger partial charge in [0.25, 0.3) is 18.3 Å². The van der Waals surface area contributed by atoms with E-state index in [9.17, 15) is 22.8 Å². The number of benzene rings is 3. The van der Waals surface area contributed by atoms with Crippen LogP contribution < -0.4 is 5.32 Å². The molecule has 0 bridgehead atoms. The minimum atomic E-state index is -4.82. The Labute approximate surface area is 219 Å². The third-order valence-electron chi connectivity index (χ3n) is 6.16. The third-order valence-corrected chi connectivity index (χ3v) is 6.16. The van der Waals surface area contributed by atoms with Crippen LogP contribution in [-0.4, -0.2) is 49.2 Å². The molecule has 0 unspecified atom stereocenters. The smallest absolute Gasteiger partial charge is 0.375 e. The van der Waals surface area contributed by atoms with Gasteiger partial charge in [-0.2, -0.15) is 0 Å². The highest BCUT2D eigenvalue weighted by Crippen LogP contribution is 2.43. The van der Waals surface area contributed by atoms with Crippen LogP contribution in [0.5, 0.6) is 0 Å². The number of nitrogens with one attached hydrogen (secondary N) is 1. The average Bonchev–Trinajstić information content (AvgIpc) is 3.14. The summed E-state index contributed by atoms with van der Waals surface area (Å²) in [6.45, 7) is 7.23. The number of halogens is 3. The number of fused-ring (bicyclic) bond motifs is 1. The summed E-state index contributed by atoms with van der Waals surface area (Å²) < 4.78 is 34.4. The van der Waals surface area contributed by atoms with Crippen LogP contribution in [0.25, 0.3) is 22.3 Å². The second-order valence-electron chi connectivity index (χ2n) is 8.65. The first-order valence-corrected chi connectivity index (χ1v) is 12.1. The Balaban J connectivity index is 0.000000505. The zero-order chi connectivity index (χ0) is 27.9. The molecule has 3 aromatic carbocycles. The number of nitrogens with zero attached hydrogens (tertiary/aromatic N) is 1. The number of carbonyl (C=O) groups excluding carboxylic acids is 3. The summed E-state index contributed by atoms with van der Waals surface area (Å²) in [7, 11) is 0. The fourth-order valence-electron chi connectivity index (χ4n) is 4.58. The summed E-state index contributed by atoms with van der Waals surface area (Å²) in [6, 6.07) is 20.2. The van der Waals surface area contributed by atoms with Crippen LogP contribution in [0.3, 0.4) is 0 Å². The second-order valence-corrected chi connectivity index (χ2v) is 8.65. The van der Waals surface area contributed by atoms with E-state index in [0.29, 0.717) is 24.2 Å². The van der Waals surface area contributed by atoms with Gasteiger partial charge in [0.05, 0.1) is 11.1 Å². The standard InChI is InChI=1S/C27H28N2O2.C2HF3O2/c1-4-15-28-16-17-29-26(30)24-18(2)22(20-11-7-5-8-12-20)23(19(3)25(24)27(29)31)21-13-9-6-10-14-21;3-2(4,5)7-1-6/h5-14,28H,4,15-17H2,1-3H3;1H. The summed E-state index contributed by atoms with van der Waals surface area (Å²) in [5.74, 6) is -0.369. The van der Waals surface area contributed by atoms with Crippen molar-refractivity contribution in [2.75, 3.05) is 19.6 Å². The van der Waals surface area contributed by atoms with Crippen molar-refractivity contribution in [3.05, 3.63) is 82.9 Å². The van der Waals surface area contributed by atoms with Crippen molar-refractivity contribution >= 4 is 18.3 Å². The average molecular weight is 527 g/mol. The molecule has 0 radical (unpaired) electrons. The summed E-state index contributed by atoms with van der Waals surface area (Å²) in [5, 5.41) is 3.29. The molecule has 0 aliphatic carbocycles. The number of amides is 2. The largest absolute Gasteiger partial charge is 0.575 e. The molecule has 4 rings (SSSR count). The molecule has 38 heavy (non-hydrogen) atoms. The van der Waals surface area contributed by atoms with E-state index in [4.69, 9.17) is 4.79 Å². The lowest BCUT2D eigenvalue weighted by Crippen LogP contribution is -2.36. The van der Waals surface area contributed by atoms with Crippen LogP contribution in [0.15, 0.2) is 60.7 Å². The number of carbonyl (C=O) groups is 3. The molecule has 1 N–H and O–H groups in total. The lowest BCUT2D eigenvalue weighted by Gasteiger charge is -2.19. The van der Waals surface area contributed by atoms with Crippen molar-refractivity contribution in [3.8, 4) is 22.3 Å². The minimum absolute atomic E-state index is 0.185. The van der Waals surface area contributed by atoms with E-state index >= 15 is 0 Å². The molecule has 0 saturated heterocycles. The van der Waals surface area contributed by atoms with Crippen molar-refractivity contribution < 1.29 is 32.3 Å².